The van der Waals surface area contributed by atoms with Crippen LogP contribution in [0.3, 0.4) is 0 Å². The number of benzene rings is 1. The summed E-state index contributed by atoms with van der Waals surface area (Å²) in [6, 6.07) is 6.57. The van der Waals surface area contributed by atoms with Gasteiger partial charge in [-0.2, -0.15) is 0 Å². The van der Waals surface area contributed by atoms with E-state index in [-0.39, 0.29) is 11.6 Å². The van der Waals surface area contributed by atoms with Gasteiger partial charge in [0.15, 0.2) is 0 Å². The SMILES string of the molecule is O=C(O)C1CCN(Cc2ccccc2[N+](=O)[O-])C1. The predicted octanol–water partition coefficient (Wildman–Crippen LogP) is 1.50. The summed E-state index contributed by atoms with van der Waals surface area (Å²) in [4.78, 5) is 23.2. The van der Waals surface area contributed by atoms with E-state index >= 15 is 0 Å². The molecular weight excluding hydrogens is 236 g/mol. The molecule has 0 bridgehead atoms. The molecule has 2 rings (SSSR count). The van der Waals surface area contributed by atoms with Crippen LogP contribution in [-0.2, 0) is 11.3 Å². The van der Waals surface area contributed by atoms with Gasteiger partial charge < -0.3 is 5.11 Å². The number of para-hydroxylation sites is 1. The standard InChI is InChI=1S/C12H14N2O4/c15-12(16)10-5-6-13(8-10)7-9-3-1-2-4-11(9)14(17)18/h1-4,10H,5-8H2,(H,15,16). The van der Waals surface area contributed by atoms with Gasteiger partial charge in [0.25, 0.3) is 5.69 Å². The minimum atomic E-state index is -0.792. The number of carboxylic acid groups (broad SMARTS) is 1. The first-order valence-electron chi connectivity index (χ1n) is 5.75. The van der Waals surface area contributed by atoms with E-state index in [0.717, 1.165) is 0 Å². The zero-order valence-electron chi connectivity index (χ0n) is 9.78. The van der Waals surface area contributed by atoms with Gasteiger partial charge in [0.05, 0.1) is 10.8 Å². The van der Waals surface area contributed by atoms with E-state index in [2.05, 4.69) is 0 Å². The Hall–Kier alpha value is -1.95. The summed E-state index contributed by atoms with van der Waals surface area (Å²) < 4.78 is 0. The van der Waals surface area contributed by atoms with E-state index in [9.17, 15) is 14.9 Å². The molecular formula is C12H14N2O4. The van der Waals surface area contributed by atoms with Crippen LogP contribution >= 0.6 is 0 Å². The van der Waals surface area contributed by atoms with E-state index in [0.29, 0.717) is 31.6 Å². The van der Waals surface area contributed by atoms with Crippen molar-refractivity contribution in [1.29, 1.82) is 0 Å². The molecule has 0 aliphatic carbocycles. The first-order chi connectivity index (χ1) is 8.58. The monoisotopic (exact) mass is 250 g/mol. The Kier molecular flexibility index (Phi) is 3.57. The maximum Gasteiger partial charge on any atom is 0.307 e. The Morgan fingerprint density at radius 2 is 2.22 bits per heavy atom. The van der Waals surface area contributed by atoms with E-state index in [1.807, 2.05) is 4.90 Å². The second-order valence-corrected chi connectivity index (χ2v) is 4.44. The number of likely N-dealkylation sites (tertiary alicyclic amines) is 1. The van der Waals surface area contributed by atoms with Gasteiger partial charge in [-0.15, -0.1) is 0 Å². The molecule has 1 aliphatic rings. The van der Waals surface area contributed by atoms with E-state index in [1.54, 1.807) is 18.2 Å². The fourth-order valence-corrected chi connectivity index (χ4v) is 2.24. The molecule has 1 saturated heterocycles. The van der Waals surface area contributed by atoms with Crippen molar-refractivity contribution in [3.8, 4) is 0 Å². The van der Waals surface area contributed by atoms with Gasteiger partial charge in [-0.25, -0.2) is 0 Å². The lowest BCUT2D eigenvalue weighted by molar-refractivity contribution is -0.385. The molecule has 96 valence electrons. The van der Waals surface area contributed by atoms with Crippen molar-refractivity contribution in [2.24, 2.45) is 5.92 Å². The fraction of sp³-hybridized carbons (Fsp3) is 0.417. The molecule has 1 unspecified atom stereocenters. The molecule has 0 spiro atoms. The van der Waals surface area contributed by atoms with Crippen LogP contribution in [0.25, 0.3) is 0 Å². The summed E-state index contributed by atoms with van der Waals surface area (Å²) in [6.45, 7) is 1.56. The van der Waals surface area contributed by atoms with Crippen LogP contribution in [0.5, 0.6) is 0 Å². The van der Waals surface area contributed by atoms with Crippen LogP contribution in [0.15, 0.2) is 24.3 Å². The summed E-state index contributed by atoms with van der Waals surface area (Å²) in [5.41, 5.74) is 0.727. The van der Waals surface area contributed by atoms with Crippen molar-refractivity contribution in [1.82, 2.24) is 4.90 Å². The molecule has 1 aliphatic heterocycles. The van der Waals surface area contributed by atoms with Crippen molar-refractivity contribution < 1.29 is 14.8 Å². The van der Waals surface area contributed by atoms with Gasteiger partial charge in [0.1, 0.15) is 0 Å². The van der Waals surface area contributed by atoms with Gasteiger partial charge >= 0.3 is 5.97 Å². The van der Waals surface area contributed by atoms with Gasteiger partial charge in [-0.05, 0) is 13.0 Å². The number of aliphatic carboxylic acids is 1. The highest BCUT2D eigenvalue weighted by molar-refractivity contribution is 5.70. The number of rotatable bonds is 4. The van der Waals surface area contributed by atoms with Crippen LogP contribution in [0, 0.1) is 16.0 Å². The van der Waals surface area contributed by atoms with Crippen LogP contribution in [-0.4, -0.2) is 34.0 Å². The van der Waals surface area contributed by atoms with Gasteiger partial charge in [-0.1, -0.05) is 18.2 Å². The fourth-order valence-electron chi connectivity index (χ4n) is 2.24. The Morgan fingerprint density at radius 1 is 1.50 bits per heavy atom. The average Bonchev–Trinajstić information content (AvgIpc) is 2.78. The highest BCUT2D eigenvalue weighted by Gasteiger charge is 2.28. The summed E-state index contributed by atoms with van der Waals surface area (Å²) >= 11 is 0. The maximum absolute atomic E-state index is 10.9. The van der Waals surface area contributed by atoms with Crippen molar-refractivity contribution >= 4 is 11.7 Å². The lowest BCUT2D eigenvalue weighted by Crippen LogP contribution is -2.23. The molecule has 1 aromatic carbocycles. The Bertz CT molecular complexity index is 475. The van der Waals surface area contributed by atoms with Gasteiger partial charge in [-0.3, -0.25) is 19.8 Å². The van der Waals surface area contributed by atoms with E-state index in [4.69, 9.17) is 5.11 Å². The molecule has 1 atom stereocenters. The van der Waals surface area contributed by atoms with Crippen LogP contribution in [0.4, 0.5) is 5.69 Å². The molecule has 0 radical (unpaired) electrons. The first kappa shape index (κ1) is 12.5. The molecule has 1 fully saturated rings. The third-order valence-corrected chi connectivity index (χ3v) is 3.20. The van der Waals surface area contributed by atoms with Crippen molar-refractivity contribution in [3.63, 3.8) is 0 Å². The maximum atomic E-state index is 10.9. The molecule has 6 heteroatoms. The molecule has 6 nitrogen and oxygen atoms in total. The second kappa shape index (κ2) is 5.14. The molecule has 1 N–H and O–H groups in total. The van der Waals surface area contributed by atoms with Crippen molar-refractivity contribution in [2.75, 3.05) is 13.1 Å². The largest absolute Gasteiger partial charge is 0.481 e. The summed E-state index contributed by atoms with van der Waals surface area (Å²) in [5, 5.41) is 19.8. The number of nitrogens with zero attached hydrogens (tertiary/aromatic N) is 2. The minimum absolute atomic E-state index is 0.0938. The number of carboxylic acids is 1. The summed E-state index contributed by atoms with van der Waals surface area (Å²) in [6.07, 6.45) is 0.607. The molecule has 0 amide bonds. The van der Waals surface area contributed by atoms with Crippen LogP contribution < -0.4 is 0 Å². The van der Waals surface area contributed by atoms with Crippen LogP contribution in [0.1, 0.15) is 12.0 Å². The highest BCUT2D eigenvalue weighted by atomic mass is 16.6. The number of hydrogen-bond acceptors (Lipinski definition) is 4. The minimum Gasteiger partial charge on any atom is -0.481 e. The molecule has 0 saturated carbocycles. The summed E-state index contributed by atoms with van der Waals surface area (Å²) in [7, 11) is 0. The predicted molar refractivity (Wildman–Crippen MR) is 64.1 cm³/mol. The normalized spacial score (nSPS) is 19.9. The number of nitro groups is 1. The van der Waals surface area contributed by atoms with E-state index in [1.165, 1.54) is 6.07 Å². The van der Waals surface area contributed by atoms with Gasteiger partial charge in [0.2, 0.25) is 0 Å². The van der Waals surface area contributed by atoms with Gasteiger partial charge in [0, 0.05) is 24.7 Å². The average molecular weight is 250 g/mol. The van der Waals surface area contributed by atoms with Crippen LogP contribution in [0.2, 0.25) is 0 Å². The Balaban J connectivity index is 2.07. The third-order valence-electron chi connectivity index (χ3n) is 3.20. The molecule has 18 heavy (non-hydrogen) atoms. The first-order valence-corrected chi connectivity index (χ1v) is 5.75. The highest BCUT2D eigenvalue weighted by Crippen LogP contribution is 2.23. The van der Waals surface area contributed by atoms with Crippen molar-refractivity contribution in [3.05, 3.63) is 39.9 Å². The molecule has 1 heterocycles. The topological polar surface area (TPSA) is 83.7 Å². The Labute approximate surface area is 104 Å². The number of nitro benzene ring substituents is 1. The van der Waals surface area contributed by atoms with Crippen molar-refractivity contribution in [2.45, 2.75) is 13.0 Å². The number of carbonyl (C=O) groups is 1. The number of hydrogen-bond donors (Lipinski definition) is 1. The quantitative estimate of drug-likeness (QED) is 0.646. The smallest absolute Gasteiger partial charge is 0.307 e. The molecule has 0 aromatic heterocycles. The summed E-state index contributed by atoms with van der Waals surface area (Å²) in [5.74, 6) is -1.15. The molecule has 1 aromatic rings. The Morgan fingerprint density at radius 3 is 2.83 bits per heavy atom. The third kappa shape index (κ3) is 2.65. The lowest BCUT2D eigenvalue weighted by Gasteiger charge is -2.14. The zero-order chi connectivity index (χ0) is 13.1. The van der Waals surface area contributed by atoms with E-state index < -0.39 is 10.9 Å². The second-order valence-electron chi connectivity index (χ2n) is 4.44. The lowest BCUT2D eigenvalue weighted by atomic mass is 10.1. The zero-order valence-corrected chi connectivity index (χ0v) is 9.78.